The Morgan fingerprint density at radius 3 is 2.89 bits per heavy atom. The number of piperazine rings is 1. The largest absolute Gasteiger partial charge is 0.372 e. The second kappa shape index (κ2) is 5.30. The van der Waals surface area contributed by atoms with E-state index in [0.717, 1.165) is 19.6 Å². The first-order valence-electron chi connectivity index (χ1n) is 6.11. The van der Waals surface area contributed by atoms with Crippen LogP contribution in [0.15, 0.2) is 12.4 Å². The summed E-state index contributed by atoms with van der Waals surface area (Å²) in [6.45, 7) is 4.59. The first-order valence-corrected chi connectivity index (χ1v) is 6.11. The molecule has 18 heavy (non-hydrogen) atoms. The molecular weight excluding hydrogens is 230 g/mol. The minimum atomic E-state index is -0.0415. The van der Waals surface area contributed by atoms with Gasteiger partial charge >= 0.3 is 0 Å². The Morgan fingerprint density at radius 1 is 1.44 bits per heavy atom. The van der Waals surface area contributed by atoms with E-state index in [4.69, 9.17) is 0 Å². The van der Waals surface area contributed by atoms with E-state index in [9.17, 15) is 4.79 Å². The number of rotatable bonds is 2. The Balaban J connectivity index is 2.15. The lowest BCUT2D eigenvalue weighted by atomic mass is 10.2. The Morgan fingerprint density at radius 2 is 2.22 bits per heavy atom. The van der Waals surface area contributed by atoms with Crippen LogP contribution in [0, 0.1) is 0 Å². The lowest BCUT2D eigenvalue weighted by Gasteiger charge is -2.37. The van der Waals surface area contributed by atoms with Crippen molar-refractivity contribution in [1.82, 2.24) is 19.8 Å². The van der Waals surface area contributed by atoms with Gasteiger partial charge in [0.1, 0.15) is 11.5 Å². The zero-order valence-electron chi connectivity index (χ0n) is 11.1. The fourth-order valence-electron chi connectivity index (χ4n) is 2.18. The monoisotopic (exact) mass is 249 g/mol. The topological polar surface area (TPSA) is 61.4 Å². The summed E-state index contributed by atoms with van der Waals surface area (Å²) < 4.78 is 0. The van der Waals surface area contributed by atoms with Crippen LogP contribution in [0.5, 0.6) is 0 Å². The molecule has 1 amide bonds. The Hall–Kier alpha value is -1.69. The third kappa shape index (κ3) is 2.59. The normalized spacial score (nSPS) is 20.8. The van der Waals surface area contributed by atoms with Crippen molar-refractivity contribution in [2.24, 2.45) is 0 Å². The summed E-state index contributed by atoms with van der Waals surface area (Å²) in [4.78, 5) is 24.7. The molecule has 0 spiro atoms. The van der Waals surface area contributed by atoms with Crippen LogP contribution in [-0.4, -0.2) is 65.4 Å². The SMILES string of the molecule is CNc1cncc(C(=O)N2CCN(C)CC2C)n1. The molecule has 1 saturated heterocycles. The van der Waals surface area contributed by atoms with Gasteiger partial charge in [0.15, 0.2) is 0 Å². The molecule has 0 radical (unpaired) electrons. The fourth-order valence-corrected chi connectivity index (χ4v) is 2.18. The second-order valence-corrected chi connectivity index (χ2v) is 4.65. The van der Waals surface area contributed by atoms with E-state index < -0.39 is 0 Å². The van der Waals surface area contributed by atoms with Crippen molar-refractivity contribution in [3.8, 4) is 0 Å². The summed E-state index contributed by atoms with van der Waals surface area (Å²) in [6.07, 6.45) is 3.12. The van der Waals surface area contributed by atoms with Crippen LogP contribution in [0.4, 0.5) is 5.82 Å². The van der Waals surface area contributed by atoms with E-state index in [1.165, 1.54) is 6.20 Å². The molecule has 1 N–H and O–H groups in total. The van der Waals surface area contributed by atoms with Crippen molar-refractivity contribution in [3.05, 3.63) is 18.1 Å². The van der Waals surface area contributed by atoms with Crippen LogP contribution in [0.1, 0.15) is 17.4 Å². The smallest absolute Gasteiger partial charge is 0.274 e. The van der Waals surface area contributed by atoms with Crippen LogP contribution in [-0.2, 0) is 0 Å². The average Bonchev–Trinajstić information content (AvgIpc) is 2.38. The highest BCUT2D eigenvalue weighted by Gasteiger charge is 2.27. The van der Waals surface area contributed by atoms with Gasteiger partial charge in [0, 0.05) is 32.7 Å². The summed E-state index contributed by atoms with van der Waals surface area (Å²) in [7, 11) is 3.83. The highest BCUT2D eigenvalue weighted by molar-refractivity contribution is 5.92. The highest BCUT2D eigenvalue weighted by Crippen LogP contribution is 2.12. The molecule has 2 heterocycles. The fraction of sp³-hybridized carbons (Fsp3) is 0.583. The first kappa shape index (κ1) is 12.8. The maximum atomic E-state index is 12.4. The molecule has 0 bridgehead atoms. The molecule has 1 aliphatic rings. The van der Waals surface area contributed by atoms with Crippen LogP contribution in [0.2, 0.25) is 0 Å². The van der Waals surface area contributed by atoms with Gasteiger partial charge in [-0.3, -0.25) is 9.78 Å². The van der Waals surface area contributed by atoms with Crippen LogP contribution in [0.25, 0.3) is 0 Å². The first-order chi connectivity index (χ1) is 8.61. The lowest BCUT2D eigenvalue weighted by Crippen LogP contribution is -2.52. The van der Waals surface area contributed by atoms with Crippen molar-refractivity contribution in [1.29, 1.82) is 0 Å². The molecule has 1 fully saturated rings. The van der Waals surface area contributed by atoms with E-state index in [-0.39, 0.29) is 11.9 Å². The molecule has 1 aromatic heterocycles. The van der Waals surface area contributed by atoms with Crippen LogP contribution >= 0.6 is 0 Å². The summed E-state index contributed by atoms with van der Waals surface area (Å²) in [6, 6.07) is 0.205. The molecule has 0 saturated carbocycles. The minimum Gasteiger partial charge on any atom is -0.372 e. The molecule has 1 unspecified atom stereocenters. The number of nitrogens with one attached hydrogen (secondary N) is 1. The van der Waals surface area contributed by atoms with Crippen molar-refractivity contribution in [2.45, 2.75) is 13.0 Å². The molecule has 6 nitrogen and oxygen atoms in total. The van der Waals surface area contributed by atoms with E-state index in [1.54, 1.807) is 13.2 Å². The van der Waals surface area contributed by atoms with Crippen molar-refractivity contribution in [2.75, 3.05) is 39.0 Å². The lowest BCUT2D eigenvalue weighted by molar-refractivity contribution is 0.0527. The maximum absolute atomic E-state index is 12.4. The van der Waals surface area contributed by atoms with E-state index in [0.29, 0.717) is 11.5 Å². The number of hydrogen-bond acceptors (Lipinski definition) is 5. The van der Waals surface area contributed by atoms with E-state index in [2.05, 4.69) is 34.2 Å². The average molecular weight is 249 g/mol. The predicted molar refractivity (Wildman–Crippen MR) is 69.6 cm³/mol. The van der Waals surface area contributed by atoms with Gasteiger partial charge in [-0.15, -0.1) is 0 Å². The van der Waals surface area contributed by atoms with Gasteiger partial charge in [-0.05, 0) is 14.0 Å². The van der Waals surface area contributed by atoms with Crippen LogP contribution < -0.4 is 5.32 Å². The molecule has 1 atom stereocenters. The number of nitrogens with zero attached hydrogens (tertiary/aromatic N) is 4. The number of anilines is 1. The minimum absolute atomic E-state index is 0.0415. The molecule has 1 aromatic rings. The Bertz CT molecular complexity index is 436. The summed E-state index contributed by atoms with van der Waals surface area (Å²) >= 11 is 0. The predicted octanol–water partition coefficient (Wildman–Crippen LogP) is 0.294. The van der Waals surface area contributed by atoms with Gasteiger partial charge in [0.25, 0.3) is 5.91 Å². The van der Waals surface area contributed by atoms with Crippen molar-refractivity contribution < 1.29 is 4.79 Å². The molecule has 0 aromatic carbocycles. The Kier molecular flexibility index (Phi) is 3.76. The zero-order valence-corrected chi connectivity index (χ0v) is 11.1. The molecule has 2 rings (SSSR count). The van der Waals surface area contributed by atoms with Crippen LogP contribution in [0.3, 0.4) is 0 Å². The van der Waals surface area contributed by atoms with Gasteiger partial charge in [-0.1, -0.05) is 0 Å². The third-order valence-electron chi connectivity index (χ3n) is 3.20. The number of hydrogen-bond donors (Lipinski definition) is 1. The van der Waals surface area contributed by atoms with Gasteiger partial charge in [-0.2, -0.15) is 0 Å². The number of amides is 1. The van der Waals surface area contributed by atoms with Gasteiger partial charge in [0.05, 0.1) is 12.4 Å². The maximum Gasteiger partial charge on any atom is 0.274 e. The Labute approximate surface area is 107 Å². The number of carbonyl (C=O) groups is 1. The molecular formula is C12H19N5O. The number of carbonyl (C=O) groups excluding carboxylic acids is 1. The van der Waals surface area contributed by atoms with Crippen molar-refractivity contribution in [3.63, 3.8) is 0 Å². The highest BCUT2D eigenvalue weighted by atomic mass is 16.2. The summed E-state index contributed by atoms with van der Waals surface area (Å²) in [5.41, 5.74) is 0.401. The summed E-state index contributed by atoms with van der Waals surface area (Å²) in [5, 5.41) is 2.89. The number of likely N-dealkylation sites (N-methyl/N-ethyl adjacent to an activating group) is 1. The molecule has 98 valence electrons. The number of aromatic nitrogens is 2. The quantitative estimate of drug-likeness (QED) is 0.816. The van der Waals surface area contributed by atoms with Gasteiger partial charge in [0.2, 0.25) is 0 Å². The van der Waals surface area contributed by atoms with Gasteiger partial charge in [-0.25, -0.2) is 4.98 Å². The molecule has 0 aliphatic carbocycles. The van der Waals surface area contributed by atoms with Crippen molar-refractivity contribution >= 4 is 11.7 Å². The molecule has 6 heteroatoms. The van der Waals surface area contributed by atoms with E-state index >= 15 is 0 Å². The molecule has 1 aliphatic heterocycles. The third-order valence-corrected chi connectivity index (χ3v) is 3.20. The van der Waals surface area contributed by atoms with Gasteiger partial charge < -0.3 is 15.1 Å². The van der Waals surface area contributed by atoms with E-state index in [1.807, 2.05) is 4.90 Å². The zero-order chi connectivity index (χ0) is 13.1. The standard InChI is InChI=1S/C12H19N5O/c1-9-8-16(3)4-5-17(9)12(18)10-6-14-7-11(13-2)15-10/h6-7,9H,4-5,8H2,1-3H3,(H,13,15). The second-order valence-electron chi connectivity index (χ2n) is 4.65. The summed E-state index contributed by atoms with van der Waals surface area (Å²) in [5.74, 6) is 0.572.